The van der Waals surface area contributed by atoms with E-state index in [1.807, 2.05) is 72.3 Å². The second-order valence-corrected chi connectivity index (χ2v) is 9.00. The van der Waals surface area contributed by atoms with E-state index in [1.54, 1.807) is 18.2 Å². The van der Waals surface area contributed by atoms with Gasteiger partial charge in [-0.1, -0.05) is 48.0 Å². The number of fused-ring (bicyclic) bond motifs is 1. The normalized spacial score (nSPS) is 15.2. The topological polar surface area (TPSA) is 64.7 Å². The van der Waals surface area contributed by atoms with Gasteiger partial charge in [0, 0.05) is 36.2 Å². The van der Waals surface area contributed by atoms with Crippen LogP contribution < -0.4 is 20.4 Å². The summed E-state index contributed by atoms with van der Waals surface area (Å²) in [4.78, 5) is 30.0. The molecule has 1 aliphatic heterocycles. The lowest BCUT2D eigenvalue weighted by Crippen LogP contribution is -2.33. The summed E-state index contributed by atoms with van der Waals surface area (Å²) in [6.07, 6.45) is 1.83. The molecular weight excluding hydrogens is 460 g/mol. The Morgan fingerprint density at radius 3 is 2.51 bits per heavy atom. The third-order valence-electron chi connectivity index (χ3n) is 6.39. The van der Waals surface area contributed by atoms with E-state index in [9.17, 15) is 9.59 Å². The Labute approximate surface area is 211 Å². The number of hydrogen-bond donors (Lipinski definition) is 2. The van der Waals surface area contributed by atoms with Crippen molar-refractivity contribution in [1.29, 1.82) is 0 Å². The van der Waals surface area contributed by atoms with Gasteiger partial charge in [0.2, 0.25) is 5.91 Å². The molecule has 4 rings (SSSR count). The van der Waals surface area contributed by atoms with Gasteiger partial charge in [-0.2, -0.15) is 0 Å². The van der Waals surface area contributed by atoms with Crippen LogP contribution in [0.25, 0.3) is 0 Å². The second kappa shape index (κ2) is 11.4. The number of hydrogen-bond acceptors (Lipinski definition) is 4. The maximum absolute atomic E-state index is 13.5. The summed E-state index contributed by atoms with van der Waals surface area (Å²) in [5, 5.41) is 6.58. The quantitative estimate of drug-likeness (QED) is 0.458. The Morgan fingerprint density at radius 2 is 1.80 bits per heavy atom. The summed E-state index contributed by atoms with van der Waals surface area (Å²) < 4.78 is 0. The van der Waals surface area contributed by atoms with Crippen LogP contribution in [0.3, 0.4) is 0 Å². The third-order valence-corrected chi connectivity index (χ3v) is 6.70. The van der Waals surface area contributed by atoms with Gasteiger partial charge in [-0.15, -0.1) is 0 Å². The number of nitrogens with zero attached hydrogens (tertiary/aromatic N) is 2. The molecule has 6 nitrogen and oxygen atoms in total. The number of halogens is 1. The Bertz CT molecular complexity index is 1180. The van der Waals surface area contributed by atoms with Crippen LogP contribution in [0.5, 0.6) is 0 Å². The highest BCUT2D eigenvalue weighted by molar-refractivity contribution is 6.35. The van der Waals surface area contributed by atoms with E-state index in [2.05, 4.69) is 16.7 Å². The molecule has 1 unspecified atom stereocenters. The van der Waals surface area contributed by atoms with Gasteiger partial charge >= 0.3 is 0 Å². The molecule has 0 saturated heterocycles. The summed E-state index contributed by atoms with van der Waals surface area (Å²) in [5.41, 5.74) is 3.99. The van der Waals surface area contributed by atoms with E-state index >= 15 is 0 Å². The van der Waals surface area contributed by atoms with Crippen molar-refractivity contribution in [2.45, 2.75) is 25.8 Å². The molecule has 0 spiro atoms. The fourth-order valence-electron chi connectivity index (χ4n) is 4.58. The predicted octanol–water partition coefficient (Wildman–Crippen LogP) is 5.51. The van der Waals surface area contributed by atoms with Crippen LogP contribution >= 0.6 is 11.6 Å². The Hall–Kier alpha value is -3.35. The van der Waals surface area contributed by atoms with Crippen LogP contribution in [-0.4, -0.2) is 38.5 Å². The van der Waals surface area contributed by atoms with Crippen molar-refractivity contribution in [2.75, 3.05) is 41.8 Å². The lowest BCUT2D eigenvalue weighted by atomic mass is 10.0. The van der Waals surface area contributed by atoms with Crippen molar-refractivity contribution < 1.29 is 9.59 Å². The third kappa shape index (κ3) is 5.66. The molecule has 0 fully saturated rings. The molecule has 3 aromatic rings. The van der Waals surface area contributed by atoms with Crippen LogP contribution in [-0.2, 0) is 4.79 Å². The zero-order valence-electron chi connectivity index (χ0n) is 20.1. The zero-order chi connectivity index (χ0) is 24.8. The molecule has 0 bridgehead atoms. The summed E-state index contributed by atoms with van der Waals surface area (Å²) in [5.74, 6) is -0.288. The van der Waals surface area contributed by atoms with Gasteiger partial charge in [-0.25, -0.2) is 0 Å². The largest absolute Gasteiger partial charge is 0.362 e. The minimum atomic E-state index is -0.148. The predicted molar refractivity (Wildman–Crippen MR) is 144 cm³/mol. The van der Waals surface area contributed by atoms with Crippen molar-refractivity contribution in [3.05, 3.63) is 88.9 Å². The summed E-state index contributed by atoms with van der Waals surface area (Å²) >= 11 is 6.56. The number of nitrogens with one attached hydrogen (secondary N) is 2. The first-order chi connectivity index (χ1) is 17.0. The number of para-hydroxylation sites is 2. The summed E-state index contributed by atoms with van der Waals surface area (Å²) in [6, 6.07) is 23.1. The first kappa shape index (κ1) is 24.8. The summed E-state index contributed by atoms with van der Waals surface area (Å²) in [7, 11) is 1.95. The SMILES string of the molecule is CCN(CC(=O)Nc1ccc(C(=O)N2CCCC(NC)c3ccccc32)c(Cl)c1)c1ccccc1. The molecule has 0 radical (unpaired) electrons. The number of rotatable bonds is 7. The van der Waals surface area contributed by atoms with E-state index in [1.165, 1.54) is 0 Å². The molecule has 182 valence electrons. The number of carbonyl (C=O) groups excluding carboxylic acids is 2. The highest BCUT2D eigenvalue weighted by Gasteiger charge is 2.27. The molecule has 1 heterocycles. The molecule has 3 aromatic carbocycles. The molecule has 7 heteroatoms. The standard InChI is InChI=1S/C28H31ClN4O2/c1-3-32(21-10-5-4-6-11-21)19-27(34)31-20-15-16-22(24(29)18-20)28(35)33-17-9-13-25(30-2)23-12-7-8-14-26(23)33/h4-8,10-12,14-16,18,25,30H,3,9,13,17,19H2,1-2H3,(H,31,34). The van der Waals surface area contributed by atoms with E-state index in [0.717, 1.165) is 29.8 Å². The smallest absolute Gasteiger partial charge is 0.259 e. The highest BCUT2D eigenvalue weighted by atomic mass is 35.5. The number of anilines is 3. The minimum Gasteiger partial charge on any atom is -0.362 e. The van der Waals surface area contributed by atoms with Crippen LogP contribution in [0.4, 0.5) is 17.1 Å². The van der Waals surface area contributed by atoms with Crippen LogP contribution in [0, 0.1) is 0 Å². The van der Waals surface area contributed by atoms with E-state index in [0.29, 0.717) is 29.4 Å². The van der Waals surface area contributed by atoms with Gasteiger partial charge in [-0.3, -0.25) is 9.59 Å². The first-order valence-corrected chi connectivity index (χ1v) is 12.4. The van der Waals surface area contributed by atoms with Gasteiger partial charge < -0.3 is 20.4 Å². The zero-order valence-corrected chi connectivity index (χ0v) is 20.9. The van der Waals surface area contributed by atoms with Crippen molar-refractivity contribution in [1.82, 2.24) is 5.32 Å². The lowest BCUT2D eigenvalue weighted by molar-refractivity contribution is -0.115. The molecule has 0 aromatic heterocycles. The van der Waals surface area contributed by atoms with Gasteiger partial charge in [0.1, 0.15) is 0 Å². The van der Waals surface area contributed by atoms with Crippen molar-refractivity contribution in [3.63, 3.8) is 0 Å². The molecule has 2 amide bonds. The molecule has 35 heavy (non-hydrogen) atoms. The average molecular weight is 491 g/mol. The summed E-state index contributed by atoms with van der Waals surface area (Å²) in [6.45, 7) is 3.56. The van der Waals surface area contributed by atoms with Gasteiger partial charge in [0.15, 0.2) is 0 Å². The van der Waals surface area contributed by atoms with E-state index in [4.69, 9.17) is 11.6 Å². The van der Waals surface area contributed by atoms with Crippen molar-refractivity contribution >= 4 is 40.5 Å². The van der Waals surface area contributed by atoms with Crippen molar-refractivity contribution in [2.24, 2.45) is 0 Å². The lowest BCUT2D eigenvalue weighted by Gasteiger charge is -2.25. The fraction of sp³-hybridized carbons (Fsp3) is 0.286. The number of benzene rings is 3. The molecule has 1 aliphatic rings. The van der Waals surface area contributed by atoms with E-state index < -0.39 is 0 Å². The van der Waals surface area contributed by atoms with E-state index in [-0.39, 0.29) is 24.4 Å². The van der Waals surface area contributed by atoms with Gasteiger partial charge in [-0.05, 0) is 68.8 Å². The highest BCUT2D eigenvalue weighted by Crippen LogP contribution is 2.34. The second-order valence-electron chi connectivity index (χ2n) is 8.59. The monoisotopic (exact) mass is 490 g/mol. The van der Waals surface area contributed by atoms with Crippen molar-refractivity contribution in [3.8, 4) is 0 Å². The van der Waals surface area contributed by atoms with Gasteiger partial charge in [0.25, 0.3) is 5.91 Å². The number of likely N-dealkylation sites (N-methyl/N-ethyl adjacent to an activating group) is 1. The molecule has 2 N–H and O–H groups in total. The van der Waals surface area contributed by atoms with Crippen LogP contribution in [0.1, 0.15) is 41.7 Å². The number of amides is 2. The minimum absolute atomic E-state index is 0.140. The first-order valence-electron chi connectivity index (χ1n) is 12.0. The fourth-order valence-corrected chi connectivity index (χ4v) is 4.84. The Kier molecular flexibility index (Phi) is 8.06. The number of carbonyl (C=O) groups is 2. The molecule has 0 aliphatic carbocycles. The maximum Gasteiger partial charge on any atom is 0.259 e. The van der Waals surface area contributed by atoms with Gasteiger partial charge in [0.05, 0.1) is 17.1 Å². The molecular formula is C28H31ClN4O2. The Balaban J connectivity index is 1.49. The average Bonchev–Trinajstić information content (AvgIpc) is 3.07. The van der Waals surface area contributed by atoms with Crippen LogP contribution in [0.15, 0.2) is 72.8 Å². The van der Waals surface area contributed by atoms with Crippen LogP contribution in [0.2, 0.25) is 5.02 Å². The molecule has 1 atom stereocenters. The Morgan fingerprint density at radius 1 is 1.06 bits per heavy atom. The molecule has 0 saturated carbocycles. The maximum atomic E-state index is 13.5.